The van der Waals surface area contributed by atoms with Gasteiger partial charge in [0, 0.05) is 26.0 Å². The van der Waals surface area contributed by atoms with Gasteiger partial charge in [-0.1, -0.05) is 0 Å². The zero-order valence-corrected chi connectivity index (χ0v) is 12.5. The Kier molecular flexibility index (Phi) is 4.44. The number of hydrogen-bond donors (Lipinski definition) is 2. The molecule has 0 spiro atoms. The van der Waals surface area contributed by atoms with Crippen molar-refractivity contribution in [2.75, 3.05) is 24.2 Å². The van der Waals surface area contributed by atoms with Gasteiger partial charge in [0.25, 0.3) is 0 Å². The first-order valence-corrected chi connectivity index (χ1v) is 7.95. The molecule has 0 aliphatic carbocycles. The Morgan fingerprint density at radius 3 is 2.43 bits per heavy atom. The van der Waals surface area contributed by atoms with Gasteiger partial charge in [0.15, 0.2) is 0 Å². The molecule has 1 aromatic carbocycles. The number of aromatic nitrogens is 1. The number of sulfonamides is 1. The number of hydrogen-bond acceptors (Lipinski definition) is 5. The SMILES string of the molecule is CN(CCc1ccncc1)c1ccc(S(N)(=O)=O)cc1N. The quantitative estimate of drug-likeness (QED) is 0.802. The molecule has 7 heteroatoms. The van der Waals surface area contributed by atoms with Gasteiger partial charge in [-0.2, -0.15) is 0 Å². The zero-order valence-electron chi connectivity index (χ0n) is 11.7. The summed E-state index contributed by atoms with van der Waals surface area (Å²) >= 11 is 0. The molecule has 1 heterocycles. The van der Waals surface area contributed by atoms with Crippen LogP contribution in [0.25, 0.3) is 0 Å². The summed E-state index contributed by atoms with van der Waals surface area (Å²) in [6.07, 6.45) is 4.35. The van der Waals surface area contributed by atoms with Crippen molar-refractivity contribution in [2.45, 2.75) is 11.3 Å². The summed E-state index contributed by atoms with van der Waals surface area (Å²) in [6.45, 7) is 0.753. The Balaban J connectivity index is 2.11. The summed E-state index contributed by atoms with van der Waals surface area (Å²) < 4.78 is 22.6. The first kappa shape index (κ1) is 15.3. The predicted octanol–water partition coefficient (Wildman–Crippen LogP) is 0.990. The Morgan fingerprint density at radius 2 is 1.86 bits per heavy atom. The van der Waals surface area contributed by atoms with Crippen LogP contribution in [0.5, 0.6) is 0 Å². The highest BCUT2D eigenvalue weighted by Crippen LogP contribution is 2.25. The number of benzene rings is 1. The molecule has 0 fully saturated rings. The second kappa shape index (κ2) is 6.11. The molecular formula is C14H18N4O2S. The Bertz CT molecular complexity index is 717. The number of rotatable bonds is 5. The highest BCUT2D eigenvalue weighted by atomic mass is 32.2. The molecule has 2 aromatic rings. The average molecular weight is 306 g/mol. The Morgan fingerprint density at radius 1 is 1.19 bits per heavy atom. The maximum absolute atomic E-state index is 11.3. The van der Waals surface area contributed by atoms with E-state index >= 15 is 0 Å². The van der Waals surface area contributed by atoms with Crippen molar-refractivity contribution >= 4 is 21.4 Å². The van der Waals surface area contributed by atoms with Gasteiger partial charge in [-0.25, -0.2) is 13.6 Å². The van der Waals surface area contributed by atoms with Crippen LogP contribution in [-0.2, 0) is 16.4 Å². The smallest absolute Gasteiger partial charge is 0.238 e. The fourth-order valence-electron chi connectivity index (χ4n) is 2.02. The molecule has 0 amide bonds. The van der Waals surface area contributed by atoms with Crippen molar-refractivity contribution in [3.8, 4) is 0 Å². The first-order chi connectivity index (χ1) is 9.88. The number of primary sulfonamides is 1. The third kappa shape index (κ3) is 3.93. The highest BCUT2D eigenvalue weighted by molar-refractivity contribution is 7.89. The molecule has 1 aromatic heterocycles. The van der Waals surface area contributed by atoms with Crippen LogP contribution < -0.4 is 15.8 Å². The minimum atomic E-state index is -3.73. The Hall–Kier alpha value is -2.12. The van der Waals surface area contributed by atoms with E-state index in [0.29, 0.717) is 5.69 Å². The lowest BCUT2D eigenvalue weighted by Crippen LogP contribution is -2.22. The fourth-order valence-corrected chi connectivity index (χ4v) is 2.57. The number of pyridine rings is 1. The molecule has 0 saturated carbocycles. The average Bonchev–Trinajstić information content (AvgIpc) is 2.45. The van der Waals surface area contributed by atoms with Crippen molar-refractivity contribution < 1.29 is 8.42 Å². The van der Waals surface area contributed by atoms with Crippen molar-refractivity contribution in [3.63, 3.8) is 0 Å². The summed E-state index contributed by atoms with van der Waals surface area (Å²) in [4.78, 5) is 5.97. The summed E-state index contributed by atoms with van der Waals surface area (Å²) in [5.74, 6) is 0. The molecule has 0 aliphatic heterocycles. The lowest BCUT2D eigenvalue weighted by atomic mass is 10.2. The van der Waals surface area contributed by atoms with Crippen LogP contribution in [0.15, 0.2) is 47.6 Å². The molecule has 0 saturated heterocycles. The number of nitrogens with zero attached hydrogens (tertiary/aromatic N) is 2. The molecule has 112 valence electrons. The molecular weight excluding hydrogens is 288 g/mol. The van der Waals surface area contributed by atoms with E-state index in [1.54, 1.807) is 18.5 Å². The maximum atomic E-state index is 11.3. The molecule has 6 nitrogen and oxygen atoms in total. The van der Waals surface area contributed by atoms with Crippen molar-refractivity contribution in [3.05, 3.63) is 48.3 Å². The number of likely N-dealkylation sites (N-methyl/N-ethyl adjacent to an activating group) is 1. The van der Waals surface area contributed by atoms with Crippen LogP contribution in [0.2, 0.25) is 0 Å². The number of nitrogen functional groups attached to an aromatic ring is 1. The molecule has 0 radical (unpaired) electrons. The lowest BCUT2D eigenvalue weighted by Gasteiger charge is -2.21. The molecule has 0 aliphatic rings. The van der Waals surface area contributed by atoms with E-state index in [0.717, 1.165) is 18.7 Å². The van der Waals surface area contributed by atoms with E-state index in [4.69, 9.17) is 10.9 Å². The largest absolute Gasteiger partial charge is 0.397 e. The third-order valence-electron chi connectivity index (χ3n) is 3.22. The Labute approximate surface area is 124 Å². The number of nitrogens with two attached hydrogens (primary N) is 2. The standard InChI is InChI=1S/C14H18N4O2S/c1-18(9-6-11-4-7-17-8-5-11)14-3-2-12(10-13(14)15)21(16,19)20/h2-5,7-8,10H,6,9,15H2,1H3,(H2,16,19,20). The summed E-state index contributed by atoms with van der Waals surface area (Å²) in [7, 11) is -1.82. The van der Waals surface area contributed by atoms with E-state index in [1.165, 1.54) is 17.7 Å². The topological polar surface area (TPSA) is 102 Å². The van der Waals surface area contributed by atoms with Gasteiger partial charge in [0.1, 0.15) is 0 Å². The minimum absolute atomic E-state index is 0.0197. The molecule has 21 heavy (non-hydrogen) atoms. The summed E-state index contributed by atoms with van der Waals surface area (Å²) in [5, 5.41) is 5.08. The van der Waals surface area contributed by atoms with Crippen LogP contribution in [0.3, 0.4) is 0 Å². The molecule has 0 unspecified atom stereocenters. The second-order valence-corrected chi connectivity index (χ2v) is 6.35. The van der Waals surface area contributed by atoms with Gasteiger partial charge >= 0.3 is 0 Å². The van der Waals surface area contributed by atoms with Crippen molar-refractivity contribution in [1.82, 2.24) is 4.98 Å². The molecule has 2 rings (SSSR count). The second-order valence-electron chi connectivity index (χ2n) is 4.79. The van der Waals surface area contributed by atoms with E-state index in [1.807, 2.05) is 24.1 Å². The highest BCUT2D eigenvalue weighted by Gasteiger charge is 2.12. The van der Waals surface area contributed by atoms with Crippen LogP contribution >= 0.6 is 0 Å². The van der Waals surface area contributed by atoms with E-state index in [9.17, 15) is 8.42 Å². The van der Waals surface area contributed by atoms with Crippen LogP contribution in [0, 0.1) is 0 Å². The lowest BCUT2D eigenvalue weighted by molar-refractivity contribution is 0.598. The third-order valence-corrected chi connectivity index (χ3v) is 4.14. The van der Waals surface area contributed by atoms with Crippen LogP contribution in [0.1, 0.15) is 5.56 Å². The monoisotopic (exact) mass is 306 g/mol. The minimum Gasteiger partial charge on any atom is -0.397 e. The van der Waals surface area contributed by atoms with E-state index in [2.05, 4.69) is 4.98 Å². The summed E-state index contributed by atoms with van der Waals surface area (Å²) in [5.41, 5.74) is 8.26. The van der Waals surface area contributed by atoms with Crippen molar-refractivity contribution in [1.29, 1.82) is 0 Å². The van der Waals surface area contributed by atoms with Crippen molar-refractivity contribution in [2.24, 2.45) is 5.14 Å². The maximum Gasteiger partial charge on any atom is 0.238 e. The van der Waals surface area contributed by atoms with Crippen LogP contribution in [-0.4, -0.2) is 27.0 Å². The zero-order chi connectivity index (χ0) is 15.5. The van der Waals surface area contributed by atoms with E-state index in [-0.39, 0.29) is 4.90 Å². The molecule has 4 N–H and O–H groups in total. The fraction of sp³-hybridized carbons (Fsp3) is 0.214. The first-order valence-electron chi connectivity index (χ1n) is 6.40. The molecule has 0 atom stereocenters. The normalized spacial score (nSPS) is 11.3. The van der Waals surface area contributed by atoms with Gasteiger partial charge in [-0.3, -0.25) is 4.98 Å². The number of anilines is 2. The summed E-state index contributed by atoms with van der Waals surface area (Å²) in [6, 6.07) is 8.43. The van der Waals surface area contributed by atoms with Gasteiger partial charge in [0.2, 0.25) is 10.0 Å². The predicted molar refractivity (Wildman–Crippen MR) is 83.4 cm³/mol. The molecule has 0 bridgehead atoms. The van der Waals surface area contributed by atoms with Gasteiger partial charge in [0.05, 0.1) is 16.3 Å². The van der Waals surface area contributed by atoms with Gasteiger partial charge in [-0.05, 0) is 42.3 Å². The van der Waals surface area contributed by atoms with Gasteiger partial charge < -0.3 is 10.6 Å². The van der Waals surface area contributed by atoms with E-state index < -0.39 is 10.0 Å². The van der Waals surface area contributed by atoms with Gasteiger partial charge in [-0.15, -0.1) is 0 Å². The van der Waals surface area contributed by atoms with Crippen LogP contribution in [0.4, 0.5) is 11.4 Å².